The van der Waals surface area contributed by atoms with Crippen LogP contribution in [0.2, 0.25) is 0 Å². The highest BCUT2D eigenvalue weighted by Crippen LogP contribution is 2.34. The first kappa shape index (κ1) is 15.3. The van der Waals surface area contributed by atoms with Crippen LogP contribution in [-0.2, 0) is 9.59 Å². The van der Waals surface area contributed by atoms with Crippen LogP contribution in [0.25, 0.3) is 0 Å². The number of halogens is 1. The number of hydrogen-bond donors (Lipinski definition) is 1. The Morgan fingerprint density at radius 3 is 3.00 bits per heavy atom. The van der Waals surface area contributed by atoms with E-state index in [-0.39, 0.29) is 24.5 Å². The molecular formula is C15H18BrN3O3. The van der Waals surface area contributed by atoms with Crippen molar-refractivity contribution in [2.45, 2.75) is 18.9 Å². The Bertz CT molecular complexity index is 608. The van der Waals surface area contributed by atoms with Gasteiger partial charge in [0.2, 0.25) is 5.91 Å². The molecular weight excluding hydrogens is 350 g/mol. The maximum Gasteiger partial charge on any atom is 0.265 e. The first-order valence-corrected chi connectivity index (χ1v) is 8.10. The fourth-order valence-electron chi connectivity index (χ4n) is 2.80. The summed E-state index contributed by atoms with van der Waals surface area (Å²) >= 11 is 3.38. The lowest BCUT2D eigenvalue weighted by Gasteiger charge is -2.29. The number of carbonyl (C=O) groups excluding carboxylic acids is 2. The minimum atomic E-state index is -0.124. The molecule has 7 heteroatoms. The van der Waals surface area contributed by atoms with E-state index in [0.29, 0.717) is 37.5 Å². The molecule has 6 nitrogen and oxygen atoms in total. The number of nitrogens with zero attached hydrogens (tertiary/aromatic N) is 2. The van der Waals surface area contributed by atoms with Crippen molar-refractivity contribution in [3.05, 3.63) is 22.7 Å². The number of fused-ring (bicyclic) bond motifs is 1. The standard InChI is InChI=1S/C15H18BrN3O3/c16-10-1-2-12-13(7-10)22-9-15(21)19(12)6-4-14(20)18-5-3-11(17)8-18/h1-2,7,11H,3-6,8-9,17H2/t11-/m1/s1. The minimum Gasteiger partial charge on any atom is -0.482 e. The van der Waals surface area contributed by atoms with Crippen molar-refractivity contribution in [2.75, 3.05) is 31.1 Å². The van der Waals surface area contributed by atoms with Gasteiger partial charge in [0.1, 0.15) is 5.75 Å². The smallest absolute Gasteiger partial charge is 0.265 e. The van der Waals surface area contributed by atoms with Crippen LogP contribution in [0.1, 0.15) is 12.8 Å². The molecule has 0 spiro atoms. The number of hydrogen-bond acceptors (Lipinski definition) is 4. The lowest BCUT2D eigenvalue weighted by molar-refractivity contribution is -0.130. The molecule has 1 aromatic carbocycles. The van der Waals surface area contributed by atoms with Crippen molar-refractivity contribution in [3.8, 4) is 5.75 Å². The van der Waals surface area contributed by atoms with E-state index in [4.69, 9.17) is 10.5 Å². The van der Waals surface area contributed by atoms with E-state index in [1.165, 1.54) is 0 Å². The molecule has 0 aromatic heterocycles. The summed E-state index contributed by atoms with van der Waals surface area (Å²) in [5.41, 5.74) is 6.54. The van der Waals surface area contributed by atoms with Crippen LogP contribution >= 0.6 is 15.9 Å². The third-order valence-electron chi connectivity index (χ3n) is 3.99. The summed E-state index contributed by atoms with van der Waals surface area (Å²) < 4.78 is 6.33. The van der Waals surface area contributed by atoms with E-state index in [1.54, 1.807) is 9.80 Å². The molecule has 0 unspecified atom stereocenters. The van der Waals surface area contributed by atoms with Crippen LogP contribution in [-0.4, -0.2) is 49.0 Å². The molecule has 2 N–H and O–H groups in total. The summed E-state index contributed by atoms with van der Waals surface area (Å²) in [6.45, 7) is 1.69. The molecule has 1 saturated heterocycles. The van der Waals surface area contributed by atoms with Gasteiger partial charge in [-0.15, -0.1) is 0 Å². The topological polar surface area (TPSA) is 75.9 Å². The van der Waals surface area contributed by atoms with E-state index in [2.05, 4.69) is 15.9 Å². The fourth-order valence-corrected chi connectivity index (χ4v) is 3.14. The van der Waals surface area contributed by atoms with Gasteiger partial charge in [-0.2, -0.15) is 0 Å². The molecule has 0 saturated carbocycles. The van der Waals surface area contributed by atoms with Gasteiger partial charge in [-0.05, 0) is 24.6 Å². The Labute approximate surface area is 137 Å². The molecule has 3 rings (SSSR count). The van der Waals surface area contributed by atoms with Gasteiger partial charge >= 0.3 is 0 Å². The Morgan fingerprint density at radius 1 is 1.45 bits per heavy atom. The van der Waals surface area contributed by atoms with Crippen LogP contribution in [0.5, 0.6) is 5.75 Å². The van der Waals surface area contributed by atoms with E-state index in [9.17, 15) is 9.59 Å². The van der Waals surface area contributed by atoms with Crippen LogP contribution in [0, 0.1) is 0 Å². The van der Waals surface area contributed by atoms with Crippen LogP contribution in [0.4, 0.5) is 5.69 Å². The third kappa shape index (κ3) is 3.10. The van der Waals surface area contributed by atoms with E-state index in [0.717, 1.165) is 10.9 Å². The lowest BCUT2D eigenvalue weighted by atomic mass is 10.2. The number of likely N-dealkylation sites (tertiary alicyclic amines) is 1. The maximum atomic E-state index is 12.2. The monoisotopic (exact) mass is 367 g/mol. The zero-order valence-corrected chi connectivity index (χ0v) is 13.7. The van der Waals surface area contributed by atoms with Gasteiger partial charge in [-0.25, -0.2) is 0 Å². The van der Waals surface area contributed by atoms with Gasteiger partial charge in [-0.1, -0.05) is 15.9 Å². The second kappa shape index (κ2) is 6.26. The van der Waals surface area contributed by atoms with E-state index in [1.807, 2.05) is 18.2 Å². The molecule has 0 radical (unpaired) electrons. The molecule has 2 aliphatic rings. The molecule has 2 aliphatic heterocycles. The molecule has 118 valence electrons. The maximum absolute atomic E-state index is 12.2. The Balaban J connectivity index is 1.67. The molecule has 0 aliphatic carbocycles. The summed E-state index contributed by atoms with van der Waals surface area (Å²) in [7, 11) is 0. The quantitative estimate of drug-likeness (QED) is 0.868. The lowest BCUT2D eigenvalue weighted by Crippen LogP contribution is -2.41. The molecule has 2 heterocycles. The highest BCUT2D eigenvalue weighted by molar-refractivity contribution is 9.10. The number of amides is 2. The summed E-state index contributed by atoms with van der Waals surface area (Å²) in [6, 6.07) is 5.59. The molecule has 1 aromatic rings. The molecule has 1 atom stereocenters. The number of nitrogens with two attached hydrogens (primary N) is 1. The second-order valence-corrected chi connectivity index (χ2v) is 6.50. The highest BCUT2D eigenvalue weighted by Gasteiger charge is 2.28. The van der Waals surface area contributed by atoms with Gasteiger partial charge in [-0.3, -0.25) is 9.59 Å². The minimum absolute atomic E-state index is 0.00618. The first-order chi connectivity index (χ1) is 10.5. The zero-order valence-electron chi connectivity index (χ0n) is 12.1. The largest absolute Gasteiger partial charge is 0.482 e. The Morgan fingerprint density at radius 2 is 2.27 bits per heavy atom. The number of anilines is 1. The number of ether oxygens (including phenoxy) is 1. The van der Waals surface area contributed by atoms with Crippen molar-refractivity contribution in [2.24, 2.45) is 5.73 Å². The normalized spacial score (nSPS) is 20.8. The van der Waals surface area contributed by atoms with Crippen molar-refractivity contribution in [1.82, 2.24) is 4.90 Å². The number of rotatable bonds is 3. The van der Waals surface area contributed by atoms with Gasteiger partial charge in [0, 0.05) is 36.6 Å². The van der Waals surface area contributed by atoms with Gasteiger partial charge in [0.25, 0.3) is 5.91 Å². The SMILES string of the molecule is N[C@@H]1CCN(C(=O)CCN2C(=O)COc3cc(Br)ccc32)C1. The van der Waals surface area contributed by atoms with Crippen LogP contribution in [0.3, 0.4) is 0 Å². The van der Waals surface area contributed by atoms with Crippen molar-refractivity contribution >= 4 is 33.4 Å². The average molecular weight is 368 g/mol. The molecule has 1 fully saturated rings. The van der Waals surface area contributed by atoms with Crippen molar-refractivity contribution < 1.29 is 14.3 Å². The summed E-state index contributed by atoms with van der Waals surface area (Å²) in [4.78, 5) is 27.7. The Hall–Kier alpha value is -1.60. The summed E-state index contributed by atoms with van der Waals surface area (Å²) in [5, 5.41) is 0. The zero-order chi connectivity index (χ0) is 15.7. The molecule has 22 heavy (non-hydrogen) atoms. The first-order valence-electron chi connectivity index (χ1n) is 7.30. The summed E-state index contributed by atoms with van der Waals surface area (Å²) in [5.74, 6) is 0.580. The van der Waals surface area contributed by atoms with Crippen LogP contribution < -0.4 is 15.4 Å². The van der Waals surface area contributed by atoms with E-state index >= 15 is 0 Å². The molecule has 0 bridgehead atoms. The van der Waals surface area contributed by atoms with Gasteiger partial charge in [0.05, 0.1) is 5.69 Å². The number of carbonyl (C=O) groups is 2. The van der Waals surface area contributed by atoms with E-state index < -0.39 is 0 Å². The highest BCUT2D eigenvalue weighted by atomic mass is 79.9. The number of benzene rings is 1. The van der Waals surface area contributed by atoms with Crippen molar-refractivity contribution in [1.29, 1.82) is 0 Å². The average Bonchev–Trinajstić information content (AvgIpc) is 2.93. The summed E-state index contributed by atoms with van der Waals surface area (Å²) in [6.07, 6.45) is 1.15. The van der Waals surface area contributed by atoms with Crippen LogP contribution in [0.15, 0.2) is 22.7 Å². The van der Waals surface area contributed by atoms with Gasteiger partial charge in [0.15, 0.2) is 6.61 Å². The second-order valence-electron chi connectivity index (χ2n) is 5.58. The molecule has 2 amide bonds. The van der Waals surface area contributed by atoms with Crippen molar-refractivity contribution in [3.63, 3.8) is 0 Å². The third-order valence-corrected chi connectivity index (χ3v) is 4.48. The van der Waals surface area contributed by atoms with Gasteiger partial charge < -0.3 is 20.3 Å². The fraction of sp³-hybridized carbons (Fsp3) is 0.467. The Kier molecular flexibility index (Phi) is 4.35. The predicted octanol–water partition coefficient (Wildman–Crippen LogP) is 1.12. The predicted molar refractivity (Wildman–Crippen MR) is 85.8 cm³/mol.